The summed E-state index contributed by atoms with van der Waals surface area (Å²) in [4.78, 5) is 22.4. The van der Waals surface area contributed by atoms with Crippen molar-refractivity contribution in [3.63, 3.8) is 0 Å². The molecule has 2 aliphatic rings. The van der Waals surface area contributed by atoms with Gasteiger partial charge in [0.25, 0.3) is 0 Å². The van der Waals surface area contributed by atoms with Crippen molar-refractivity contribution in [3.05, 3.63) is 0 Å². The second-order valence-corrected chi connectivity index (χ2v) is 5.83. The average Bonchev–Trinajstić information content (AvgIpc) is 3.17. The van der Waals surface area contributed by atoms with Crippen LogP contribution in [0.15, 0.2) is 0 Å². The maximum absolute atomic E-state index is 11.7. The van der Waals surface area contributed by atoms with E-state index < -0.39 is 11.9 Å². The van der Waals surface area contributed by atoms with Crippen molar-refractivity contribution in [1.82, 2.24) is 5.32 Å². The first-order valence-electron chi connectivity index (χ1n) is 7.12. The third-order valence-corrected chi connectivity index (χ3v) is 4.55. The number of hydrogen-bond acceptors (Lipinski definition) is 2. The molecule has 4 heteroatoms. The zero-order valence-corrected chi connectivity index (χ0v) is 11.0. The molecule has 0 saturated heterocycles. The van der Waals surface area contributed by atoms with Crippen LogP contribution >= 0.6 is 0 Å². The van der Waals surface area contributed by atoms with Gasteiger partial charge >= 0.3 is 5.97 Å². The molecule has 2 N–H and O–H groups in total. The maximum atomic E-state index is 11.7. The molecular formula is C14H23NO3. The van der Waals surface area contributed by atoms with Crippen LogP contribution in [0.4, 0.5) is 0 Å². The largest absolute Gasteiger partial charge is 0.481 e. The number of carbonyl (C=O) groups is 2. The smallest absolute Gasteiger partial charge is 0.307 e. The predicted molar refractivity (Wildman–Crippen MR) is 68.0 cm³/mol. The molecule has 0 heterocycles. The van der Waals surface area contributed by atoms with E-state index in [2.05, 4.69) is 12.2 Å². The predicted octanol–water partition coefficient (Wildman–Crippen LogP) is 2.04. The Morgan fingerprint density at radius 3 is 2.22 bits per heavy atom. The minimum atomic E-state index is -0.835. The minimum absolute atomic E-state index is 0.0555. The Morgan fingerprint density at radius 2 is 1.72 bits per heavy atom. The van der Waals surface area contributed by atoms with Crippen molar-refractivity contribution < 1.29 is 14.7 Å². The molecule has 0 aromatic rings. The lowest BCUT2D eigenvalue weighted by atomic mass is 9.81. The minimum Gasteiger partial charge on any atom is -0.481 e. The van der Waals surface area contributed by atoms with Gasteiger partial charge < -0.3 is 10.4 Å². The highest BCUT2D eigenvalue weighted by Gasteiger charge is 2.48. The van der Waals surface area contributed by atoms with Crippen LogP contribution in [-0.2, 0) is 9.59 Å². The Kier molecular flexibility index (Phi) is 4.25. The highest BCUT2D eigenvalue weighted by Crippen LogP contribution is 2.38. The van der Waals surface area contributed by atoms with Crippen LogP contribution in [0.2, 0.25) is 0 Å². The number of aliphatic carboxylic acids is 1. The van der Waals surface area contributed by atoms with E-state index in [1.165, 1.54) is 32.1 Å². The normalized spacial score (nSPS) is 34.9. The fraction of sp³-hybridized carbons (Fsp3) is 0.857. The van der Waals surface area contributed by atoms with E-state index in [1.54, 1.807) is 0 Å². The highest BCUT2D eigenvalue weighted by molar-refractivity contribution is 5.89. The summed E-state index contributed by atoms with van der Waals surface area (Å²) in [5.41, 5.74) is 0. The molecule has 2 atom stereocenters. The fourth-order valence-electron chi connectivity index (χ4n) is 2.98. The Labute approximate surface area is 108 Å². The molecule has 0 aromatic carbocycles. The Bertz CT molecular complexity index is 321. The molecule has 0 radical (unpaired) electrons. The summed E-state index contributed by atoms with van der Waals surface area (Å²) < 4.78 is 0. The molecule has 1 amide bonds. The topological polar surface area (TPSA) is 66.4 Å². The average molecular weight is 253 g/mol. The number of nitrogens with one attached hydrogen (secondary N) is 1. The van der Waals surface area contributed by atoms with Gasteiger partial charge in [-0.3, -0.25) is 9.59 Å². The van der Waals surface area contributed by atoms with Gasteiger partial charge in [-0.15, -0.1) is 0 Å². The molecule has 2 aliphatic carbocycles. The summed E-state index contributed by atoms with van der Waals surface area (Å²) in [5.74, 6) is -0.121. The molecule has 4 nitrogen and oxygen atoms in total. The molecule has 0 aliphatic heterocycles. The van der Waals surface area contributed by atoms with E-state index in [0.717, 1.165) is 12.5 Å². The number of rotatable bonds is 5. The second-order valence-electron chi connectivity index (χ2n) is 5.83. The zero-order chi connectivity index (χ0) is 13.1. The van der Waals surface area contributed by atoms with Crippen LogP contribution in [0.5, 0.6) is 0 Å². The summed E-state index contributed by atoms with van der Waals surface area (Å²) in [6.45, 7) is 2.98. The van der Waals surface area contributed by atoms with Gasteiger partial charge in [-0.2, -0.15) is 0 Å². The molecule has 18 heavy (non-hydrogen) atoms. The molecule has 102 valence electrons. The summed E-state index contributed by atoms with van der Waals surface area (Å²) in [7, 11) is 0. The third kappa shape index (κ3) is 3.24. The third-order valence-electron chi connectivity index (χ3n) is 4.55. The van der Waals surface area contributed by atoms with E-state index >= 15 is 0 Å². The van der Waals surface area contributed by atoms with Crippen molar-refractivity contribution in [2.45, 2.75) is 45.4 Å². The molecule has 2 fully saturated rings. The first-order valence-corrected chi connectivity index (χ1v) is 7.12. The molecule has 0 aromatic heterocycles. The molecule has 2 saturated carbocycles. The van der Waals surface area contributed by atoms with E-state index in [9.17, 15) is 9.59 Å². The molecule has 0 spiro atoms. The lowest BCUT2D eigenvalue weighted by molar-refractivity contribution is -0.140. The number of carboxylic acid groups (broad SMARTS) is 1. The molecule has 0 bridgehead atoms. The van der Waals surface area contributed by atoms with Gasteiger partial charge in [-0.25, -0.2) is 0 Å². The van der Waals surface area contributed by atoms with Gasteiger partial charge in [-0.05, 0) is 31.1 Å². The van der Waals surface area contributed by atoms with Gasteiger partial charge in [0.1, 0.15) is 0 Å². The lowest BCUT2D eigenvalue weighted by Gasteiger charge is -2.27. The van der Waals surface area contributed by atoms with Crippen LogP contribution in [-0.4, -0.2) is 23.5 Å². The van der Waals surface area contributed by atoms with E-state index in [1.807, 2.05) is 0 Å². The molecule has 2 rings (SSSR count). The zero-order valence-electron chi connectivity index (χ0n) is 11.0. The van der Waals surface area contributed by atoms with Crippen LogP contribution in [0.1, 0.15) is 45.4 Å². The monoisotopic (exact) mass is 253 g/mol. The van der Waals surface area contributed by atoms with Crippen molar-refractivity contribution in [2.24, 2.45) is 23.7 Å². The van der Waals surface area contributed by atoms with Gasteiger partial charge in [0, 0.05) is 6.54 Å². The molecular weight excluding hydrogens is 230 g/mol. The van der Waals surface area contributed by atoms with Crippen molar-refractivity contribution >= 4 is 11.9 Å². The van der Waals surface area contributed by atoms with Gasteiger partial charge in [0.15, 0.2) is 0 Å². The van der Waals surface area contributed by atoms with E-state index in [0.29, 0.717) is 12.3 Å². The summed E-state index contributed by atoms with van der Waals surface area (Å²) >= 11 is 0. The summed E-state index contributed by atoms with van der Waals surface area (Å²) in [5, 5.41) is 11.7. The van der Waals surface area contributed by atoms with Crippen molar-refractivity contribution in [3.8, 4) is 0 Å². The Balaban J connectivity index is 1.64. The van der Waals surface area contributed by atoms with Crippen LogP contribution < -0.4 is 5.32 Å². The Morgan fingerprint density at radius 1 is 1.11 bits per heavy atom. The number of hydrogen-bond donors (Lipinski definition) is 2. The van der Waals surface area contributed by atoms with Gasteiger partial charge in [0.05, 0.1) is 11.8 Å². The quantitative estimate of drug-likeness (QED) is 0.788. The SMILES string of the molecule is CCC1CCC(CNC(=O)C2CC2C(=O)O)CC1. The van der Waals surface area contributed by atoms with Crippen LogP contribution in [0, 0.1) is 23.7 Å². The van der Waals surface area contributed by atoms with Gasteiger partial charge in [0.2, 0.25) is 5.91 Å². The standard InChI is InChI=1S/C14H23NO3/c1-2-9-3-5-10(6-4-9)8-15-13(16)11-7-12(11)14(17)18/h9-12H,2-8H2,1H3,(H,15,16)(H,17,18). The summed E-state index contributed by atoms with van der Waals surface area (Å²) in [6, 6.07) is 0. The maximum Gasteiger partial charge on any atom is 0.307 e. The molecule has 2 unspecified atom stereocenters. The number of amides is 1. The number of carboxylic acids is 1. The van der Waals surface area contributed by atoms with Crippen LogP contribution in [0.3, 0.4) is 0 Å². The lowest BCUT2D eigenvalue weighted by Crippen LogP contribution is -2.33. The second kappa shape index (κ2) is 5.72. The van der Waals surface area contributed by atoms with E-state index in [4.69, 9.17) is 5.11 Å². The van der Waals surface area contributed by atoms with Gasteiger partial charge in [-0.1, -0.05) is 26.2 Å². The first kappa shape index (κ1) is 13.4. The Hall–Kier alpha value is -1.06. The van der Waals surface area contributed by atoms with E-state index in [-0.39, 0.29) is 11.8 Å². The summed E-state index contributed by atoms with van der Waals surface area (Å²) in [6.07, 6.45) is 6.74. The van der Waals surface area contributed by atoms with Crippen LogP contribution in [0.25, 0.3) is 0 Å². The van der Waals surface area contributed by atoms with Crippen molar-refractivity contribution in [1.29, 1.82) is 0 Å². The first-order chi connectivity index (χ1) is 8.61. The highest BCUT2D eigenvalue weighted by atomic mass is 16.4. The number of carbonyl (C=O) groups excluding carboxylic acids is 1. The fourth-order valence-corrected chi connectivity index (χ4v) is 2.98. The van der Waals surface area contributed by atoms with Crippen molar-refractivity contribution in [2.75, 3.05) is 6.54 Å².